The molecule has 5 heteroatoms. The van der Waals surface area contributed by atoms with Crippen LogP contribution in [0.4, 0.5) is 0 Å². The lowest BCUT2D eigenvalue weighted by Crippen LogP contribution is -2.10. The third kappa shape index (κ3) is 5.02. The monoisotopic (exact) mass is 285 g/mol. The minimum absolute atomic E-state index is 0.00634. The van der Waals surface area contributed by atoms with Gasteiger partial charge in [0.1, 0.15) is 10.4 Å². The molecule has 0 aliphatic heterocycles. The zero-order valence-electron chi connectivity index (χ0n) is 8.90. The van der Waals surface area contributed by atoms with Crippen molar-refractivity contribution in [2.45, 2.75) is 19.8 Å². The molecule has 86 valence electrons. The Balaban J connectivity index is 2.37. The second-order valence-corrected chi connectivity index (χ2v) is 4.07. The van der Waals surface area contributed by atoms with Crippen molar-refractivity contribution in [1.82, 2.24) is 4.98 Å². The molecule has 1 rings (SSSR count). The highest BCUT2D eigenvalue weighted by Crippen LogP contribution is 2.07. The number of esters is 1. The van der Waals surface area contributed by atoms with Crippen LogP contribution in [0.5, 0.6) is 0 Å². The third-order valence-corrected chi connectivity index (χ3v) is 2.28. The molecule has 0 saturated carbocycles. The Morgan fingerprint density at radius 1 is 1.44 bits per heavy atom. The smallest absolute Gasteiger partial charge is 0.302 e. The van der Waals surface area contributed by atoms with Gasteiger partial charge in [-0.2, -0.15) is 0 Å². The number of carbonyl (C=O) groups is 2. The molecule has 0 bridgehead atoms. The number of rotatable bonds is 5. The van der Waals surface area contributed by atoms with Gasteiger partial charge in [0.15, 0.2) is 0 Å². The number of hydrogen-bond donors (Lipinski definition) is 0. The first-order chi connectivity index (χ1) is 7.58. The molecular formula is C11H12BrNO3. The van der Waals surface area contributed by atoms with Crippen LogP contribution in [0.2, 0.25) is 0 Å². The van der Waals surface area contributed by atoms with Gasteiger partial charge in [-0.05, 0) is 28.1 Å². The van der Waals surface area contributed by atoms with Gasteiger partial charge in [-0.25, -0.2) is 4.98 Å². The summed E-state index contributed by atoms with van der Waals surface area (Å²) < 4.78 is 5.39. The summed E-state index contributed by atoms with van der Waals surface area (Å²) in [6.45, 7) is 1.46. The highest BCUT2D eigenvalue weighted by molar-refractivity contribution is 9.10. The first-order valence-corrected chi connectivity index (χ1v) is 5.63. The van der Waals surface area contributed by atoms with Crippen LogP contribution in [0.15, 0.2) is 22.8 Å². The van der Waals surface area contributed by atoms with E-state index in [9.17, 15) is 9.59 Å². The summed E-state index contributed by atoms with van der Waals surface area (Å²) in [5.41, 5.74) is 0.710. The largest absolute Gasteiger partial charge is 0.465 e. The highest BCUT2D eigenvalue weighted by Gasteiger charge is 2.06. The highest BCUT2D eigenvalue weighted by atomic mass is 79.9. The van der Waals surface area contributed by atoms with Gasteiger partial charge in [-0.15, -0.1) is 0 Å². The van der Waals surface area contributed by atoms with Crippen molar-refractivity contribution < 1.29 is 14.3 Å². The van der Waals surface area contributed by atoms with E-state index in [0.29, 0.717) is 10.3 Å². The predicted octanol–water partition coefficient (Wildman–Crippen LogP) is 1.91. The van der Waals surface area contributed by atoms with Crippen LogP contribution in [0.3, 0.4) is 0 Å². The lowest BCUT2D eigenvalue weighted by atomic mass is 10.1. The molecular weight excluding hydrogens is 274 g/mol. The average molecular weight is 286 g/mol. The van der Waals surface area contributed by atoms with Crippen LogP contribution < -0.4 is 0 Å². The summed E-state index contributed by atoms with van der Waals surface area (Å²) in [4.78, 5) is 26.1. The van der Waals surface area contributed by atoms with Gasteiger partial charge in [0.2, 0.25) is 0 Å². The fourth-order valence-corrected chi connectivity index (χ4v) is 1.53. The van der Waals surface area contributed by atoms with Gasteiger partial charge >= 0.3 is 5.97 Å². The maximum atomic E-state index is 11.5. The number of Topliss-reactive ketones (excluding diaryl/α,β-unsaturated/α-hetero) is 1. The molecule has 16 heavy (non-hydrogen) atoms. The van der Waals surface area contributed by atoms with E-state index >= 15 is 0 Å². The van der Waals surface area contributed by atoms with Crippen molar-refractivity contribution in [1.29, 1.82) is 0 Å². The van der Waals surface area contributed by atoms with E-state index in [2.05, 4.69) is 25.7 Å². The number of nitrogens with zero attached hydrogens (tertiary/aromatic N) is 1. The molecule has 0 spiro atoms. The Hall–Kier alpha value is -1.23. The Labute approximate surface area is 102 Å². The molecule has 0 aromatic carbocycles. The molecule has 0 unspecified atom stereocenters. The lowest BCUT2D eigenvalue weighted by molar-refractivity contribution is -0.141. The minimum atomic E-state index is -0.367. The minimum Gasteiger partial charge on any atom is -0.465 e. The quantitative estimate of drug-likeness (QED) is 0.613. The maximum Gasteiger partial charge on any atom is 0.302 e. The third-order valence-electron chi connectivity index (χ3n) is 1.84. The van der Waals surface area contributed by atoms with Gasteiger partial charge in [-0.1, -0.05) is 6.07 Å². The van der Waals surface area contributed by atoms with Gasteiger partial charge in [-0.3, -0.25) is 9.59 Å². The second-order valence-electron chi connectivity index (χ2n) is 3.26. The Morgan fingerprint density at radius 2 is 2.19 bits per heavy atom. The molecule has 0 saturated heterocycles. The molecule has 0 amide bonds. The van der Waals surface area contributed by atoms with Crippen LogP contribution in [-0.4, -0.2) is 23.3 Å². The molecule has 0 atom stereocenters. The van der Waals surface area contributed by atoms with E-state index < -0.39 is 0 Å². The van der Waals surface area contributed by atoms with Crippen molar-refractivity contribution >= 4 is 27.7 Å². The summed E-state index contributed by atoms with van der Waals surface area (Å²) in [6.07, 6.45) is 0.495. The van der Waals surface area contributed by atoms with Crippen LogP contribution in [0.25, 0.3) is 0 Å². The molecule has 0 radical (unpaired) electrons. The normalized spacial score (nSPS) is 9.88. The average Bonchev–Trinajstić information content (AvgIpc) is 2.16. The Bertz CT molecular complexity index is 393. The van der Waals surface area contributed by atoms with Crippen molar-refractivity contribution in [3.63, 3.8) is 0 Å². The molecule has 0 aliphatic carbocycles. The van der Waals surface area contributed by atoms with E-state index in [1.54, 1.807) is 12.1 Å². The first kappa shape index (κ1) is 12.8. The van der Waals surface area contributed by atoms with Crippen LogP contribution >= 0.6 is 15.9 Å². The van der Waals surface area contributed by atoms with Gasteiger partial charge in [0.25, 0.3) is 0 Å². The number of ether oxygens (including phenoxy) is 1. The van der Waals surface area contributed by atoms with E-state index in [-0.39, 0.29) is 31.2 Å². The standard InChI is InChI=1S/C11H12BrNO3/c1-8(14)16-6-5-10(15)7-9-3-2-4-11(12)13-9/h2-4H,5-7H2,1H3. The van der Waals surface area contributed by atoms with Gasteiger partial charge in [0.05, 0.1) is 6.61 Å². The zero-order chi connectivity index (χ0) is 12.0. The number of pyridine rings is 1. The van der Waals surface area contributed by atoms with Crippen LogP contribution in [-0.2, 0) is 20.7 Å². The zero-order valence-corrected chi connectivity index (χ0v) is 10.5. The number of ketones is 1. The number of carbonyl (C=O) groups excluding carboxylic acids is 2. The van der Waals surface area contributed by atoms with Gasteiger partial charge in [0, 0.05) is 25.5 Å². The molecule has 0 N–H and O–H groups in total. The van der Waals surface area contributed by atoms with Crippen molar-refractivity contribution in [3.8, 4) is 0 Å². The summed E-state index contributed by atoms with van der Waals surface area (Å²) in [7, 11) is 0. The number of aromatic nitrogens is 1. The number of halogens is 1. The number of hydrogen-bond acceptors (Lipinski definition) is 4. The van der Waals surface area contributed by atoms with E-state index in [1.807, 2.05) is 6.07 Å². The summed E-state index contributed by atoms with van der Waals surface area (Å²) in [5.74, 6) is -0.361. The predicted molar refractivity (Wildman–Crippen MR) is 61.9 cm³/mol. The molecule has 0 aliphatic rings. The van der Waals surface area contributed by atoms with Crippen molar-refractivity contribution in [2.75, 3.05) is 6.61 Å². The fourth-order valence-electron chi connectivity index (χ4n) is 1.15. The first-order valence-electron chi connectivity index (χ1n) is 4.84. The summed E-state index contributed by atoms with van der Waals surface area (Å²) in [5, 5.41) is 0. The van der Waals surface area contributed by atoms with E-state index in [0.717, 1.165) is 0 Å². The van der Waals surface area contributed by atoms with Crippen molar-refractivity contribution in [3.05, 3.63) is 28.5 Å². The van der Waals surface area contributed by atoms with E-state index in [4.69, 9.17) is 0 Å². The second kappa shape index (κ2) is 6.37. The molecule has 4 nitrogen and oxygen atoms in total. The van der Waals surface area contributed by atoms with Gasteiger partial charge < -0.3 is 4.74 Å². The molecule has 1 aromatic heterocycles. The Morgan fingerprint density at radius 3 is 2.81 bits per heavy atom. The van der Waals surface area contributed by atoms with Crippen molar-refractivity contribution in [2.24, 2.45) is 0 Å². The fraction of sp³-hybridized carbons (Fsp3) is 0.364. The molecule has 0 fully saturated rings. The Kier molecular flexibility index (Phi) is 5.11. The van der Waals surface area contributed by atoms with Crippen LogP contribution in [0, 0.1) is 0 Å². The van der Waals surface area contributed by atoms with Crippen LogP contribution in [0.1, 0.15) is 19.0 Å². The topological polar surface area (TPSA) is 56.3 Å². The summed E-state index contributed by atoms with van der Waals surface area (Å²) >= 11 is 3.23. The SMILES string of the molecule is CC(=O)OCCC(=O)Cc1cccc(Br)n1. The molecule has 1 aromatic rings. The van der Waals surface area contributed by atoms with E-state index in [1.165, 1.54) is 6.92 Å². The maximum absolute atomic E-state index is 11.5. The lowest BCUT2D eigenvalue weighted by Gasteiger charge is -2.02. The summed E-state index contributed by atoms with van der Waals surface area (Å²) in [6, 6.07) is 5.41. The molecule has 1 heterocycles.